The van der Waals surface area contributed by atoms with Crippen molar-refractivity contribution in [2.24, 2.45) is 10.7 Å². The Morgan fingerprint density at radius 1 is 0.815 bits per heavy atom. The minimum Gasteiger partial charge on any atom is -0.315 e. The molecule has 130 valence electrons. The minimum absolute atomic E-state index is 0.432. The molecule has 4 nitrogen and oxygen atoms in total. The number of nitrogens with two attached hydrogens (primary N) is 1. The highest BCUT2D eigenvalue weighted by Gasteiger charge is 2.37. The first-order valence-corrected chi connectivity index (χ1v) is 8.97. The molecule has 0 aliphatic carbocycles. The van der Waals surface area contributed by atoms with E-state index in [4.69, 9.17) is 15.7 Å². The van der Waals surface area contributed by atoms with E-state index in [0.29, 0.717) is 6.54 Å². The summed E-state index contributed by atoms with van der Waals surface area (Å²) in [6.45, 7) is 0.432. The highest BCUT2D eigenvalue weighted by atomic mass is 14.9. The summed E-state index contributed by atoms with van der Waals surface area (Å²) in [6, 6.07) is 26.1. The molecule has 1 aliphatic rings. The number of nitrogens with zero attached hydrogens (tertiary/aromatic N) is 3. The van der Waals surface area contributed by atoms with Gasteiger partial charge in [-0.05, 0) is 30.3 Å². The van der Waals surface area contributed by atoms with E-state index < -0.39 is 5.54 Å². The maximum absolute atomic E-state index is 7.03. The van der Waals surface area contributed by atoms with Crippen LogP contribution < -0.4 is 16.3 Å². The molecule has 0 fully saturated rings. The fourth-order valence-electron chi connectivity index (χ4n) is 3.75. The average Bonchev–Trinajstić information content (AvgIpc) is 2.74. The van der Waals surface area contributed by atoms with Crippen LogP contribution in [-0.2, 0) is 5.54 Å². The molecule has 0 amide bonds. The van der Waals surface area contributed by atoms with E-state index in [1.807, 2.05) is 60.7 Å². The van der Waals surface area contributed by atoms with E-state index >= 15 is 0 Å². The molecule has 1 aliphatic heterocycles. The lowest BCUT2D eigenvalue weighted by molar-refractivity contribution is 0.557. The Morgan fingerprint density at radius 3 is 2.52 bits per heavy atom. The van der Waals surface area contributed by atoms with Gasteiger partial charge in [-0.15, -0.1) is 0 Å². The summed E-state index contributed by atoms with van der Waals surface area (Å²) in [6.07, 6.45) is 1.80. The Morgan fingerprint density at radius 2 is 1.63 bits per heavy atom. The number of hydrogen-bond donors (Lipinski definition) is 1. The summed E-state index contributed by atoms with van der Waals surface area (Å²) in [5.41, 5.74) is 9.75. The Bertz CT molecular complexity index is 1260. The molecule has 4 heteroatoms. The lowest BCUT2D eigenvalue weighted by Gasteiger charge is -2.32. The van der Waals surface area contributed by atoms with Crippen LogP contribution in [0.2, 0.25) is 0 Å². The van der Waals surface area contributed by atoms with Crippen LogP contribution in [0.25, 0.3) is 16.5 Å². The van der Waals surface area contributed by atoms with Crippen LogP contribution in [-0.4, -0.2) is 16.5 Å². The van der Waals surface area contributed by atoms with Crippen LogP contribution in [0.3, 0.4) is 0 Å². The molecule has 2 aromatic carbocycles. The van der Waals surface area contributed by atoms with Crippen LogP contribution in [0.15, 0.2) is 90.1 Å². The molecule has 1 atom stereocenters. The summed E-state index contributed by atoms with van der Waals surface area (Å²) in [5.74, 6) is 0. The molecule has 3 heterocycles. The maximum atomic E-state index is 7.03. The first kappa shape index (κ1) is 15.9. The molecule has 0 spiro atoms. The van der Waals surface area contributed by atoms with Crippen molar-refractivity contribution in [3.05, 3.63) is 107 Å². The van der Waals surface area contributed by atoms with E-state index in [1.54, 1.807) is 6.20 Å². The first-order chi connectivity index (χ1) is 13.3. The summed E-state index contributed by atoms with van der Waals surface area (Å²) in [5, 5.41) is 3.05. The zero-order chi connectivity index (χ0) is 18.3. The van der Waals surface area contributed by atoms with E-state index in [-0.39, 0.29) is 0 Å². The highest BCUT2D eigenvalue weighted by Crippen LogP contribution is 2.32. The molecule has 2 aromatic heterocycles. The average molecular weight is 350 g/mol. The molecule has 0 saturated carbocycles. The van der Waals surface area contributed by atoms with E-state index in [2.05, 4.69) is 23.2 Å². The topological polar surface area (TPSA) is 64.2 Å². The second-order valence-electron chi connectivity index (χ2n) is 6.78. The largest absolute Gasteiger partial charge is 0.315 e. The zero-order valence-electron chi connectivity index (χ0n) is 14.7. The molecule has 5 rings (SSSR count). The summed E-state index contributed by atoms with van der Waals surface area (Å²) in [7, 11) is 0. The second kappa shape index (κ2) is 6.11. The molecule has 2 N–H and O–H groups in total. The van der Waals surface area contributed by atoms with Crippen molar-refractivity contribution >= 4 is 16.5 Å². The molecule has 0 saturated heterocycles. The Kier molecular flexibility index (Phi) is 3.59. The molecular formula is C23H18N4. The number of para-hydroxylation sites is 2. The van der Waals surface area contributed by atoms with Gasteiger partial charge in [0.2, 0.25) is 0 Å². The summed E-state index contributed by atoms with van der Waals surface area (Å²) < 4.78 is 0. The predicted octanol–water partition coefficient (Wildman–Crippen LogP) is 2.32. The van der Waals surface area contributed by atoms with Gasteiger partial charge in [-0.2, -0.15) is 0 Å². The SMILES string of the molecule is NC1(c2ccc3ccccc3n2)CN=c2ccccc2=C1c1ccccn1. The van der Waals surface area contributed by atoms with Crippen molar-refractivity contribution in [1.82, 2.24) is 9.97 Å². The highest BCUT2D eigenvalue weighted by molar-refractivity contribution is 5.80. The summed E-state index contributed by atoms with van der Waals surface area (Å²) in [4.78, 5) is 14.2. The lowest BCUT2D eigenvalue weighted by Crippen LogP contribution is -2.51. The number of fused-ring (bicyclic) bond motifs is 2. The third-order valence-corrected chi connectivity index (χ3v) is 5.09. The van der Waals surface area contributed by atoms with E-state index in [1.165, 1.54) is 0 Å². The number of hydrogen-bond acceptors (Lipinski definition) is 4. The van der Waals surface area contributed by atoms with Crippen LogP contribution in [0.1, 0.15) is 11.4 Å². The van der Waals surface area contributed by atoms with Gasteiger partial charge in [-0.25, -0.2) is 0 Å². The molecule has 4 aromatic rings. The van der Waals surface area contributed by atoms with Crippen LogP contribution in [0.5, 0.6) is 0 Å². The van der Waals surface area contributed by atoms with Gasteiger partial charge in [0.05, 0.1) is 28.8 Å². The van der Waals surface area contributed by atoms with Crippen molar-refractivity contribution in [2.75, 3.05) is 6.54 Å². The van der Waals surface area contributed by atoms with Gasteiger partial charge in [0, 0.05) is 22.4 Å². The standard InChI is InChI=1S/C23H18N4/c24-23(21-13-12-16-7-1-3-9-18(16)27-21)15-26-19-10-4-2-8-17(19)22(23)20-11-5-6-14-25-20/h1-14H,15,24H2. The van der Waals surface area contributed by atoms with Gasteiger partial charge in [0.25, 0.3) is 0 Å². The molecule has 0 bridgehead atoms. The van der Waals surface area contributed by atoms with Crippen molar-refractivity contribution in [3.63, 3.8) is 0 Å². The predicted molar refractivity (Wildman–Crippen MR) is 106 cm³/mol. The van der Waals surface area contributed by atoms with E-state index in [0.717, 1.165) is 38.4 Å². The van der Waals surface area contributed by atoms with Crippen molar-refractivity contribution < 1.29 is 0 Å². The fourth-order valence-corrected chi connectivity index (χ4v) is 3.75. The lowest BCUT2D eigenvalue weighted by atomic mass is 9.81. The van der Waals surface area contributed by atoms with Crippen LogP contribution in [0.4, 0.5) is 0 Å². The van der Waals surface area contributed by atoms with Gasteiger partial charge in [0.1, 0.15) is 5.54 Å². The van der Waals surface area contributed by atoms with Crippen molar-refractivity contribution in [3.8, 4) is 0 Å². The molecule has 27 heavy (non-hydrogen) atoms. The number of rotatable bonds is 2. The normalized spacial score (nSPS) is 18.8. The Balaban J connectivity index is 1.83. The van der Waals surface area contributed by atoms with Crippen LogP contribution >= 0.6 is 0 Å². The maximum Gasteiger partial charge on any atom is 0.106 e. The van der Waals surface area contributed by atoms with Gasteiger partial charge in [0.15, 0.2) is 0 Å². The first-order valence-electron chi connectivity index (χ1n) is 8.97. The Hall–Kier alpha value is -3.37. The monoisotopic (exact) mass is 350 g/mol. The number of aromatic nitrogens is 2. The molecule has 1 unspecified atom stereocenters. The third kappa shape index (κ3) is 2.54. The zero-order valence-corrected chi connectivity index (χ0v) is 14.7. The molecular weight excluding hydrogens is 332 g/mol. The van der Waals surface area contributed by atoms with E-state index in [9.17, 15) is 0 Å². The van der Waals surface area contributed by atoms with Gasteiger partial charge >= 0.3 is 0 Å². The van der Waals surface area contributed by atoms with Crippen LogP contribution in [0, 0.1) is 0 Å². The fraction of sp³-hybridized carbons (Fsp3) is 0.0870. The quantitative estimate of drug-likeness (QED) is 0.603. The second-order valence-corrected chi connectivity index (χ2v) is 6.78. The van der Waals surface area contributed by atoms with Gasteiger partial charge in [-0.3, -0.25) is 15.0 Å². The van der Waals surface area contributed by atoms with Gasteiger partial charge in [-0.1, -0.05) is 48.5 Å². The minimum atomic E-state index is -0.841. The Labute approximate surface area is 156 Å². The number of pyridine rings is 2. The van der Waals surface area contributed by atoms with Crippen molar-refractivity contribution in [2.45, 2.75) is 5.54 Å². The summed E-state index contributed by atoms with van der Waals surface area (Å²) >= 11 is 0. The van der Waals surface area contributed by atoms with Crippen molar-refractivity contribution in [1.29, 1.82) is 0 Å². The van der Waals surface area contributed by atoms with Gasteiger partial charge < -0.3 is 5.73 Å². The molecule has 0 radical (unpaired) electrons. The smallest absolute Gasteiger partial charge is 0.106 e. The number of benzene rings is 2. The third-order valence-electron chi connectivity index (χ3n) is 5.09.